The monoisotopic (exact) mass is 525 g/mol. The van der Waals surface area contributed by atoms with Crippen molar-refractivity contribution < 1.29 is 31.2 Å². The van der Waals surface area contributed by atoms with E-state index >= 15 is 0 Å². The van der Waals surface area contributed by atoms with Gasteiger partial charge in [-0.15, -0.1) is 0 Å². The highest BCUT2D eigenvalue weighted by Gasteiger charge is 2.45. The molecule has 2 atom stereocenters. The van der Waals surface area contributed by atoms with Crippen LogP contribution in [-0.4, -0.2) is 65.1 Å². The van der Waals surface area contributed by atoms with Crippen molar-refractivity contribution in [3.8, 4) is 0 Å². The Hall–Kier alpha value is -3.52. The summed E-state index contributed by atoms with van der Waals surface area (Å²) >= 11 is 0. The van der Waals surface area contributed by atoms with Crippen LogP contribution in [0.2, 0.25) is 0 Å². The van der Waals surface area contributed by atoms with E-state index in [9.17, 15) is 26.7 Å². The van der Waals surface area contributed by atoms with Crippen molar-refractivity contribution in [2.75, 3.05) is 42.1 Å². The molecular weight excluding hydrogens is 501 g/mol. The lowest BCUT2D eigenvalue weighted by atomic mass is 9.93. The van der Waals surface area contributed by atoms with Crippen LogP contribution in [0.4, 0.5) is 39.2 Å². The van der Waals surface area contributed by atoms with E-state index < -0.39 is 30.0 Å². The molecular formula is C23H24F5N7O2. The predicted octanol–water partition coefficient (Wildman–Crippen LogP) is 3.22. The number of nitrogen functional groups attached to an aromatic ring is 1. The van der Waals surface area contributed by atoms with Crippen LogP contribution in [0, 0.1) is 5.92 Å². The number of nitrogens with zero attached hydrogens (tertiary/aromatic N) is 4. The number of rotatable bonds is 5. The lowest BCUT2D eigenvalue weighted by Crippen LogP contribution is -2.55. The molecule has 1 amide bonds. The molecule has 2 aliphatic rings. The number of amides is 1. The van der Waals surface area contributed by atoms with Gasteiger partial charge in [-0.1, -0.05) is 0 Å². The van der Waals surface area contributed by atoms with Gasteiger partial charge in [0.25, 0.3) is 11.8 Å². The van der Waals surface area contributed by atoms with Gasteiger partial charge in [0.1, 0.15) is 11.1 Å². The largest absolute Gasteiger partial charge is 0.438 e. The van der Waals surface area contributed by atoms with Gasteiger partial charge in [-0.25, -0.2) is 8.78 Å². The number of nitrogens with one attached hydrogen (secondary N) is 1. The lowest BCUT2D eigenvalue weighted by Gasteiger charge is -2.39. The number of carbonyl (C=O) groups is 1. The van der Waals surface area contributed by atoms with Gasteiger partial charge in [0, 0.05) is 38.1 Å². The molecule has 0 spiro atoms. The molecule has 14 heteroatoms. The molecule has 0 radical (unpaired) electrons. The fourth-order valence-corrected chi connectivity index (χ4v) is 4.84. The number of halogens is 5. The number of aromatic nitrogens is 2. The van der Waals surface area contributed by atoms with Gasteiger partial charge in [0.2, 0.25) is 5.88 Å². The molecule has 5 rings (SSSR count). The standard InChI is InChI=1S/C23H24F5N7O2/c24-22(25)10-34(11-22)7-12-3-17-19(32-5-12)18(20(30)37-17)21(36)33-15-6-31-2-1-16(15)35-8-13(23(26,27)28)4-14(29)9-35/h1-3,5-6,13-14H,4,7-11,29-30H2,(H,33,36)/t13-,14+/m0/s1. The SMILES string of the molecule is Nc1oc2cc(CN3CC(F)(F)C3)cnc2c1C(=O)Nc1cnccc1N1C[C@H](N)C[C@H](C(F)(F)F)C1. The Kier molecular flexibility index (Phi) is 6.18. The van der Waals surface area contributed by atoms with Crippen LogP contribution in [0.1, 0.15) is 22.3 Å². The number of hydrogen-bond acceptors (Lipinski definition) is 8. The Labute approximate surface area is 207 Å². The molecule has 37 heavy (non-hydrogen) atoms. The topological polar surface area (TPSA) is 127 Å². The first-order valence-corrected chi connectivity index (χ1v) is 11.5. The van der Waals surface area contributed by atoms with Crippen LogP contribution >= 0.6 is 0 Å². The van der Waals surface area contributed by atoms with Gasteiger partial charge < -0.3 is 26.1 Å². The Bertz CT molecular complexity index is 1320. The molecule has 5 N–H and O–H groups in total. The van der Waals surface area contributed by atoms with E-state index in [1.807, 2.05) is 0 Å². The van der Waals surface area contributed by atoms with Crippen molar-refractivity contribution in [2.45, 2.75) is 31.1 Å². The van der Waals surface area contributed by atoms with Gasteiger partial charge in [-0.05, 0) is 24.1 Å². The second kappa shape index (κ2) is 9.10. The van der Waals surface area contributed by atoms with Crippen molar-refractivity contribution in [3.63, 3.8) is 0 Å². The zero-order chi connectivity index (χ0) is 26.5. The second-order valence-electron chi connectivity index (χ2n) is 9.52. The first-order chi connectivity index (χ1) is 17.4. The molecule has 0 aromatic carbocycles. The number of piperidine rings is 1. The molecule has 0 saturated carbocycles. The minimum Gasteiger partial charge on any atom is -0.438 e. The summed E-state index contributed by atoms with van der Waals surface area (Å²) in [5.41, 5.74) is 13.3. The van der Waals surface area contributed by atoms with Gasteiger partial charge >= 0.3 is 6.18 Å². The third kappa shape index (κ3) is 5.16. The number of anilines is 3. The van der Waals surface area contributed by atoms with Crippen LogP contribution in [0.5, 0.6) is 0 Å². The molecule has 3 aromatic heterocycles. The summed E-state index contributed by atoms with van der Waals surface area (Å²) in [6.45, 7) is -0.607. The van der Waals surface area contributed by atoms with Crippen LogP contribution in [0.25, 0.3) is 11.1 Å². The van der Waals surface area contributed by atoms with E-state index in [-0.39, 0.29) is 67.4 Å². The molecule has 198 valence electrons. The van der Waals surface area contributed by atoms with Crippen molar-refractivity contribution in [1.29, 1.82) is 0 Å². The van der Waals surface area contributed by atoms with Crippen molar-refractivity contribution >= 4 is 34.3 Å². The summed E-state index contributed by atoms with van der Waals surface area (Å²) in [5, 5.41) is 2.65. The molecule has 5 heterocycles. The highest BCUT2D eigenvalue weighted by molar-refractivity contribution is 6.15. The molecule has 2 fully saturated rings. The third-order valence-corrected chi connectivity index (χ3v) is 6.49. The molecule has 2 aliphatic heterocycles. The molecule has 0 bridgehead atoms. The first kappa shape index (κ1) is 25.1. The van der Waals surface area contributed by atoms with Crippen LogP contribution in [0.3, 0.4) is 0 Å². The fraction of sp³-hybridized carbons (Fsp3) is 0.435. The van der Waals surface area contributed by atoms with E-state index in [4.69, 9.17) is 15.9 Å². The summed E-state index contributed by atoms with van der Waals surface area (Å²) in [4.78, 5) is 24.5. The number of furan rings is 1. The summed E-state index contributed by atoms with van der Waals surface area (Å²) in [6, 6.07) is 2.38. The number of nitrogens with two attached hydrogens (primary N) is 2. The number of pyridine rings is 2. The van der Waals surface area contributed by atoms with Gasteiger partial charge in [0.15, 0.2) is 5.58 Å². The average Bonchev–Trinajstić information content (AvgIpc) is 3.12. The number of carbonyl (C=O) groups excluding carboxylic acids is 1. The van der Waals surface area contributed by atoms with E-state index in [0.717, 1.165) is 0 Å². The van der Waals surface area contributed by atoms with E-state index in [1.165, 1.54) is 29.6 Å². The summed E-state index contributed by atoms with van der Waals surface area (Å²) < 4.78 is 72.0. The maximum atomic E-state index is 13.4. The van der Waals surface area contributed by atoms with Gasteiger partial charge in [-0.3, -0.25) is 19.7 Å². The Morgan fingerprint density at radius 3 is 2.70 bits per heavy atom. The van der Waals surface area contributed by atoms with Crippen LogP contribution in [-0.2, 0) is 6.54 Å². The Morgan fingerprint density at radius 2 is 2.00 bits per heavy atom. The summed E-state index contributed by atoms with van der Waals surface area (Å²) in [6.07, 6.45) is -0.405. The zero-order valence-electron chi connectivity index (χ0n) is 19.4. The minimum absolute atomic E-state index is 0.0599. The normalized spacial score (nSPS) is 22.2. The fourth-order valence-electron chi connectivity index (χ4n) is 4.84. The quantitative estimate of drug-likeness (QED) is 0.434. The first-order valence-electron chi connectivity index (χ1n) is 11.5. The average molecular weight is 525 g/mol. The van der Waals surface area contributed by atoms with Crippen molar-refractivity contribution in [3.05, 3.63) is 41.9 Å². The predicted molar refractivity (Wildman–Crippen MR) is 125 cm³/mol. The highest BCUT2D eigenvalue weighted by atomic mass is 19.4. The number of alkyl halides is 5. The van der Waals surface area contributed by atoms with Gasteiger partial charge in [-0.2, -0.15) is 13.2 Å². The Morgan fingerprint density at radius 1 is 1.24 bits per heavy atom. The van der Waals surface area contributed by atoms with Gasteiger partial charge in [0.05, 0.1) is 36.6 Å². The molecule has 0 aliphatic carbocycles. The molecule has 3 aromatic rings. The highest BCUT2D eigenvalue weighted by Crippen LogP contribution is 2.37. The zero-order valence-corrected chi connectivity index (χ0v) is 19.4. The van der Waals surface area contributed by atoms with E-state index in [1.54, 1.807) is 11.0 Å². The van der Waals surface area contributed by atoms with E-state index in [0.29, 0.717) is 11.3 Å². The number of likely N-dealkylation sites (tertiary alicyclic amines) is 1. The number of hydrogen-bond donors (Lipinski definition) is 3. The Balaban J connectivity index is 1.36. The molecule has 0 unspecified atom stereocenters. The van der Waals surface area contributed by atoms with E-state index in [2.05, 4.69) is 15.3 Å². The second-order valence-corrected chi connectivity index (χ2v) is 9.52. The van der Waals surface area contributed by atoms with Crippen molar-refractivity contribution in [1.82, 2.24) is 14.9 Å². The molecule has 2 saturated heterocycles. The smallest absolute Gasteiger partial charge is 0.393 e. The molecule has 9 nitrogen and oxygen atoms in total. The summed E-state index contributed by atoms with van der Waals surface area (Å²) in [7, 11) is 0. The number of fused-ring (bicyclic) bond motifs is 1. The van der Waals surface area contributed by atoms with Crippen LogP contribution in [0.15, 0.2) is 35.1 Å². The third-order valence-electron chi connectivity index (χ3n) is 6.49. The van der Waals surface area contributed by atoms with Crippen LogP contribution < -0.4 is 21.7 Å². The van der Waals surface area contributed by atoms with Crippen molar-refractivity contribution in [2.24, 2.45) is 11.7 Å². The minimum atomic E-state index is -4.40. The maximum Gasteiger partial charge on any atom is 0.393 e. The maximum absolute atomic E-state index is 13.4. The summed E-state index contributed by atoms with van der Waals surface area (Å²) in [5.74, 6) is -5.21. The lowest BCUT2D eigenvalue weighted by molar-refractivity contribution is -0.177.